The second-order valence-electron chi connectivity index (χ2n) is 5.26. The molecular weight excluding hydrogens is 246 g/mol. The molecule has 0 saturated carbocycles. The van der Waals surface area contributed by atoms with Crippen LogP contribution in [0.2, 0.25) is 0 Å². The van der Waals surface area contributed by atoms with Gasteiger partial charge in [0.2, 0.25) is 0 Å². The van der Waals surface area contributed by atoms with Gasteiger partial charge in [-0.05, 0) is 43.9 Å². The lowest BCUT2D eigenvalue weighted by atomic mass is 10.0. The fourth-order valence-electron chi connectivity index (χ4n) is 2.38. The lowest BCUT2D eigenvalue weighted by molar-refractivity contribution is 0.890. The molecule has 3 nitrogen and oxygen atoms in total. The Labute approximate surface area is 121 Å². The summed E-state index contributed by atoms with van der Waals surface area (Å²) in [4.78, 5) is 9.32. The van der Waals surface area contributed by atoms with E-state index in [4.69, 9.17) is 4.98 Å². The van der Waals surface area contributed by atoms with Crippen LogP contribution >= 0.6 is 0 Å². The highest BCUT2D eigenvalue weighted by molar-refractivity contribution is 5.45. The van der Waals surface area contributed by atoms with Crippen LogP contribution < -0.4 is 5.32 Å². The van der Waals surface area contributed by atoms with Crippen LogP contribution in [0.1, 0.15) is 40.7 Å². The van der Waals surface area contributed by atoms with Crippen molar-refractivity contribution in [2.45, 2.75) is 40.5 Å². The molecule has 0 bridgehead atoms. The Kier molecular flexibility index (Phi) is 4.38. The molecule has 106 valence electrons. The molecule has 1 heterocycles. The molecule has 2 rings (SSSR count). The topological polar surface area (TPSA) is 37.8 Å². The highest BCUT2D eigenvalue weighted by Gasteiger charge is 2.09. The zero-order valence-electron chi connectivity index (χ0n) is 13.0. The van der Waals surface area contributed by atoms with Crippen molar-refractivity contribution >= 4 is 5.82 Å². The van der Waals surface area contributed by atoms with Crippen molar-refractivity contribution in [2.24, 2.45) is 0 Å². The minimum Gasteiger partial charge on any atom is -0.373 e. The maximum absolute atomic E-state index is 4.70. The highest BCUT2D eigenvalue weighted by Crippen LogP contribution is 2.18. The molecule has 0 saturated heterocycles. The molecule has 3 heteroatoms. The molecule has 0 atom stereocenters. The SMILES string of the molecule is CCc1nc(Cc2ccc(C)c(C)c2)nc(NC)c1C. The van der Waals surface area contributed by atoms with Crippen molar-refractivity contribution in [2.75, 3.05) is 12.4 Å². The Morgan fingerprint density at radius 2 is 1.80 bits per heavy atom. The van der Waals surface area contributed by atoms with E-state index in [1.165, 1.54) is 16.7 Å². The van der Waals surface area contributed by atoms with Crippen LogP contribution in [0.4, 0.5) is 5.82 Å². The molecule has 0 fully saturated rings. The average Bonchev–Trinajstić information content (AvgIpc) is 2.44. The first-order chi connectivity index (χ1) is 9.55. The minimum absolute atomic E-state index is 0.781. The predicted molar refractivity (Wildman–Crippen MR) is 84.4 cm³/mol. The van der Waals surface area contributed by atoms with Crippen LogP contribution in [0, 0.1) is 20.8 Å². The molecule has 1 aromatic carbocycles. The average molecular weight is 269 g/mol. The number of nitrogens with one attached hydrogen (secondary N) is 1. The minimum atomic E-state index is 0.781. The van der Waals surface area contributed by atoms with Crippen molar-refractivity contribution in [3.8, 4) is 0 Å². The lowest BCUT2D eigenvalue weighted by Gasteiger charge is -2.11. The van der Waals surface area contributed by atoms with E-state index in [9.17, 15) is 0 Å². The van der Waals surface area contributed by atoms with Gasteiger partial charge in [0.1, 0.15) is 11.6 Å². The Hall–Kier alpha value is -1.90. The van der Waals surface area contributed by atoms with Crippen molar-refractivity contribution in [1.29, 1.82) is 0 Å². The Balaban J connectivity index is 2.35. The van der Waals surface area contributed by atoms with Crippen LogP contribution in [0.15, 0.2) is 18.2 Å². The molecular formula is C17H23N3. The van der Waals surface area contributed by atoms with Crippen LogP contribution in [0.3, 0.4) is 0 Å². The van der Waals surface area contributed by atoms with Gasteiger partial charge in [-0.15, -0.1) is 0 Å². The third kappa shape index (κ3) is 2.98. The zero-order valence-corrected chi connectivity index (χ0v) is 13.0. The number of rotatable bonds is 4. The smallest absolute Gasteiger partial charge is 0.135 e. The Morgan fingerprint density at radius 1 is 1.05 bits per heavy atom. The monoisotopic (exact) mass is 269 g/mol. The van der Waals surface area contributed by atoms with E-state index < -0.39 is 0 Å². The van der Waals surface area contributed by atoms with Crippen molar-refractivity contribution < 1.29 is 0 Å². The number of aryl methyl sites for hydroxylation is 3. The van der Waals surface area contributed by atoms with Gasteiger partial charge in [0, 0.05) is 24.7 Å². The summed E-state index contributed by atoms with van der Waals surface area (Å²) in [6.07, 6.45) is 1.71. The number of benzene rings is 1. The number of hydrogen-bond donors (Lipinski definition) is 1. The first-order valence-electron chi connectivity index (χ1n) is 7.15. The summed E-state index contributed by atoms with van der Waals surface area (Å²) in [5.41, 5.74) is 6.19. The fraction of sp³-hybridized carbons (Fsp3) is 0.412. The van der Waals surface area contributed by atoms with E-state index in [1.54, 1.807) is 0 Å². The molecule has 2 aromatic rings. The van der Waals surface area contributed by atoms with E-state index in [0.717, 1.165) is 35.7 Å². The number of aromatic nitrogens is 2. The molecule has 1 aromatic heterocycles. The molecule has 0 radical (unpaired) electrons. The van der Waals surface area contributed by atoms with E-state index in [0.29, 0.717) is 0 Å². The van der Waals surface area contributed by atoms with Crippen LogP contribution in [0.5, 0.6) is 0 Å². The zero-order chi connectivity index (χ0) is 14.7. The van der Waals surface area contributed by atoms with Gasteiger partial charge < -0.3 is 5.32 Å². The van der Waals surface area contributed by atoms with Gasteiger partial charge in [0.05, 0.1) is 0 Å². The third-order valence-electron chi connectivity index (χ3n) is 3.80. The first kappa shape index (κ1) is 14.5. The number of hydrogen-bond acceptors (Lipinski definition) is 3. The Morgan fingerprint density at radius 3 is 2.40 bits per heavy atom. The summed E-state index contributed by atoms with van der Waals surface area (Å²) in [5, 5.41) is 3.17. The molecule has 0 aliphatic carbocycles. The molecule has 0 spiro atoms. The van der Waals surface area contributed by atoms with Gasteiger partial charge in [0.15, 0.2) is 0 Å². The summed E-state index contributed by atoms with van der Waals surface area (Å²) in [6.45, 7) is 8.49. The molecule has 0 aliphatic heterocycles. The van der Waals surface area contributed by atoms with Crippen LogP contribution in [-0.2, 0) is 12.8 Å². The predicted octanol–water partition coefficient (Wildman–Crippen LogP) is 3.60. The number of nitrogens with zero attached hydrogens (tertiary/aromatic N) is 2. The summed E-state index contributed by atoms with van der Waals surface area (Å²) < 4.78 is 0. The van der Waals surface area contributed by atoms with E-state index >= 15 is 0 Å². The standard InChI is InChI=1S/C17H23N3/c1-6-15-13(4)17(18-5)20-16(19-15)10-14-8-7-11(2)12(3)9-14/h7-9H,6,10H2,1-5H3,(H,18,19,20). The number of anilines is 1. The molecule has 0 amide bonds. The van der Waals surface area contributed by atoms with E-state index in [2.05, 4.69) is 56.2 Å². The van der Waals surface area contributed by atoms with Gasteiger partial charge in [-0.2, -0.15) is 0 Å². The quantitative estimate of drug-likeness (QED) is 0.921. The second kappa shape index (κ2) is 6.04. The van der Waals surface area contributed by atoms with Crippen LogP contribution in [-0.4, -0.2) is 17.0 Å². The third-order valence-corrected chi connectivity index (χ3v) is 3.80. The van der Waals surface area contributed by atoms with Gasteiger partial charge in [0.25, 0.3) is 0 Å². The second-order valence-corrected chi connectivity index (χ2v) is 5.26. The van der Waals surface area contributed by atoms with Gasteiger partial charge >= 0.3 is 0 Å². The molecule has 1 N–H and O–H groups in total. The first-order valence-corrected chi connectivity index (χ1v) is 7.15. The molecule has 0 unspecified atom stereocenters. The Bertz CT molecular complexity index is 593. The lowest BCUT2D eigenvalue weighted by Crippen LogP contribution is -2.07. The molecule has 0 aliphatic rings. The van der Waals surface area contributed by atoms with E-state index in [-0.39, 0.29) is 0 Å². The van der Waals surface area contributed by atoms with Gasteiger partial charge in [-0.3, -0.25) is 0 Å². The normalized spacial score (nSPS) is 10.7. The van der Waals surface area contributed by atoms with E-state index in [1.807, 2.05) is 7.05 Å². The van der Waals surface area contributed by atoms with Gasteiger partial charge in [-0.25, -0.2) is 9.97 Å². The maximum atomic E-state index is 4.70. The highest BCUT2D eigenvalue weighted by atomic mass is 15.0. The van der Waals surface area contributed by atoms with Gasteiger partial charge in [-0.1, -0.05) is 25.1 Å². The summed E-state index contributed by atoms with van der Waals surface area (Å²) >= 11 is 0. The maximum Gasteiger partial charge on any atom is 0.135 e. The molecule has 20 heavy (non-hydrogen) atoms. The summed E-state index contributed by atoms with van der Waals surface area (Å²) in [7, 11) is 1.91. The summed E-state index contributed by atoms with van der Waals surface area (Å²) in [5.74, 6) is 1.83. The fourth-order valence-corrected chi connectivity index (χ4v) is 2.38. The van der Waals surface area contributed by atoms with Crippen molar-refractivity contribution in [3.05, 3.63) is 52.0 Å². The van der Waals surface area contributed by atoms with Crippen LogP contribution in [0.25, 0.3) is 0 Å². The summed E-state index contributed by atoms with van der Waals surface area (Å²) in [6, 6.07) is 6.55. The van der Waals surface area contributed by atoms with Crippen molar-refractivity contribution in [1.82, 2.24) is 9.97 Å². The van der Waals surface area contributed by atoms with Crippen molar-refractivity contribution in [3.63, 3.8) is 0 Å². The largest absolute Gasteiger partial charge is 0.373 e.